The van der Waals surface area contributed by atoms with Crippen molar-refractivity contribution in [3.05, 3.63) is 23.8 Å². The molecule has 0 aliphatic rings. The topological polar surface area (TPSA) is 107 Å². The fourth-order valence-corrected chi connectivity index (χ4v) is 1.78. The molecule has 0 heterocycles. The van der Waals surface area contributed by atoms with Crippen molar-refractivity contribution in [1.29, 1.82) is 0 Å². The Labute approximate surface area is 118 Å². The van der Waals surface area contributed by atoms with Crippen molar-refractivity contribution < 1.29 is 14.3 Å². The summed E-state index contributed by atoms with van der Waals surface area (Å²) in [5.41, 5.74) is 12.3. The summed E-state index contributed by atoms with van der Waals surface area (Å²) >= 11 is 0. The summed E-state index contributed by atoms with van der Waals surface area (Å²) in [5.74, 6) is -0.917. The van der Waals surface area contributed by atoms with Gasteiger partial charge in [-0.15, -0.1) is 0 Å². The highest BCUT2D eigenvalue weighted by atomic mass is 16.5. The Bertz CT molecular complexity index is 500. The Hall–Kier alpha value is -2.24. The van der Waals surface area contributed by atoms with E-state index in [9.17, 15) is 9.59 Å². The van der Waals surface area contributed by atoms with Crippen LogP contribution in [0.2, 0.25) is 0 Å². The van der Waals surface area contributed by atoms with E-state index in [0.717, 1.165) is 0 Å². The summed E-state index contributed by atoms with van der Waals surface area (Å²) in [6.45, 7) is 5.75. The zero-order valence-corrected chi connectivity index (χ0v) is 12.0. The van der Waals surface area contributed by atoms with Gasteiger partial charge in [-0.25, -0.2) is 4.79 Å². The highest BCUT2D eigenvalue weighted by Gasteiger charge is 2.20. The molecule has 6 heteroatoms. The number of amides is 1. The maximum Gasteiger partial charge on any atom is 0.340 e. The summed E-state index contributed by atoms with van der Waals surface area (Å²) in [7, 11) is 0. The number of nitrogens with two attached hydrogens (primary N) is 2. The zero-order chi connectivity index (χ0) is 15.3. The van der Waals surface area contributed by atoms with Crippen LogP contribution in [0.15, 0.2) is 18.2 Å². The predicted octanol–water partition coefficient (Wildman–Crippen LogP) is 1.37. The maximum atomic E-state index is 11.7. The van der Waals surface area contributed by atoms with Crippen molar-refractivity contribution in [2.75, 3.05) is 17.7 Å². The molecule has 0 radical (unpaired) electrons. The minimum absolute atomic E-state index is 0.0242. The first-order chi connectivity index (χ1) is 9.36. The third kappa shape index (κ3) is 3.88. The lowest BCUT2D eigenvalue weighted by atomic mass is 10.0. The second-order valence-electron chi connectivity index (χ2n) is 4.79. The molecule has 1 aromatic rings. The zero-order valence-electron chi connectivity index (χ0n) is 12.0. The van der Waals surface area contributed by atoms with Gasteiger partial charge in [0.2, 0.25) is 5.91 Å². The van der Waals surface area contributed by atoms with E-state index in [4.69, 9.17) is 16.2 Å². The fourth-order valence-electron chi connectivity index (χ4n) is 1.78. The summed E-state index contributed by atoms with van der Waals surface area (Å²) in [4.78, 5) is 23.1. The van der Waals surface area contributed by atoms with E-state index >= 15 is 0 Å². The monoisotopic (exact) mass is 279 g/mol. The average Bonchev–Trinajstić information content (AvgIpc) is 2.37. The second-order valence-corrected chi connectivity index (χ2v) is 4.79. The molecule has 0 aliphatic heterocycles. The Morgan fingerprint density at radius 1 is 1.35 bits per heavy atom. The molecule has 1 unspecified atom stereocenters. The van der Waals surface area contributed by atoms with Crippen LogP contribution in [0.3, 0.4) is 0 Å². The van der Waals surface area contributed by atoms with Gasteiger partial charge < -0.3 is 21.5 Å². The van der Waals surface area contributed by atoms with Gasteiger partial charge in [0.25, 0.3) is 0 Å². The van der Waals surface area contributed by atoms with Crippen molar-refractivity contribution in [3.8, 4) is 0 Å². The van der Waals surface area contributed by atoms with Crippen molar-refractivity contribution in [1.82, 2.24) is 0 Å². The molecular weight excluding hydrogens is 258 g/mol. The number of hydrogen-bond donors (Lipinski definition) is 3. The number of nitrogens with one attached hydrogen (secondary N) is 1. The van der Waals surface area contributed by atoms with Crippen LogP contribution in [0.5, 0.6) is 0 Å². The number of primary amides is 1. The van der Waals surface area contributed by atoms with Crippen LogP contribution in [-0.4, -0.2) is 24.5 Å². The van der Waals surface area contributed by atoms with Gasteiger partial charge in [0, 0.05) is 11.4 Å². The third-order valence-corrected chi connectivity index (χ3v) is 2.84. The van der Waals surface area contributed by atoms with Gasteiger partial charge in [-0.05, 0) is 31.0 Å². The number of anilines is 2. The molecule has 0 saturated carbocycles. The van der Waals surface area contributed by atoms with Gasteiger partial charge in [-0.2, -0.15) is 0 Å². The first kappa shape index (κ1) is 15.8. The van der Waals surface area contributed by atoms with E-state index in [2.05, 4.69) is 5.32 Å². The molecule has 0 spiro atoms. The molecule has 1 rings (SSSR count). The number of nitrogen functional groups attached to an aromatic ring is 1. The molecule has 20 heavy (non-hydrogen) atoms. The van der Waals surface area contributed by atoms with Crippen LogP contribution < -0.4 is 16.8 Å². The van der Waals surface area contributed by atoms with E-state index in [1.54, 1.807) is 25.1 Å². The van der Waals surface area contributed by atoms with Crippen molar-refractivity contribution in [3.63, 3.8) is 0 Å². The number of hydrogen-bond acceptors (Lipinski definition) is 5. The largest absolute Gasteiger partial charge is 0.462 e. The second kappa shape index (κ2) is 6.79. The highest BCUT2D eigenvalue weighted by molar-refractivity contribution is 5.96. The molecule has 0 aliphatic carbocycles. The Morgan fingerprint density at radius 2 is 2.00 bits per heavy atom. The summed E-state index contributed by atoms with van der Waals surface area (Å²) in [5, 5.41) is 3.00. The molecule has 0 aromatic heterocycles. The summed E-state index contributed by atoms with van der Waals surface area (Å²) in [6, 6.07) is 4.32. The van der Waals surface area contributed by atoms with E-state index in [0.29, 0.717) is 11.4 Å². The lowest BCUT2D eigenvalue weighted by molar-refractivity contribution is -0.119. The molecule has 1 aromatic carbocycles. The van der Waals surface area contributed by atoms with Crippen molar-refractivity contribution >= 4 is 23.3 Å². The van der Waals surface area contributed by atoms with Gasteiger partial charge in [0.1, 0.15) is 6.04 Å². The lowest BCUT2D eigenvalue weighted by Gasteiger charge is -2.20. The van der Waals surface area contributed by atoms with Crippen molar-refractivity contribution in [2.45, 2.75) is 26.8 Å². The van der Waals surface area contributed by atoms with Crippen LogP contribution in [0.4, 0.5) is 11.4 Å². The molecule has 6 nitrogen and oxygen atoms in total. The number of carbonyl (C=O) groups is 2. The number of rotatable bonds is 6. The fraction of sp³-hybridized carbons (Fsp3) is 0.429. The quantitative estimate of drug-likeness (QED) is 0.538. The number of carbonyl (C=O) groups excluding carboxylic acids is 2. The van der Waals surface area contributed by atoms with Crippen LogP contribution in [0.25, 0.3) is 0 Å². The summed E-state index contributed by atoms with van der Waals surface area (Å²) in [6.07, 6.45) is 0. The number of benzene rings is 1. The maximum absolute atomic E-state index is 11.7. The minimum atomic E-state index is -0.520. The first-order valence-corrected chi connectivity index (χ1v) is 6.49. The van der Waals surface area contributed by atoms with E-state index in [-0.39, 0.29) is 18.1 Å². The highest BCUT2D eigenvalue weighted by Crippen LogP contribution is 2.20. The van der Waals surface area contributed by atoms with Crippen LogP contribution in [-0.2, 0) is 9.53 Å². The molecule has 1 atom stereocenters. The Balaban J connectivity index is 3.00. The van der Waals surface area contributed by atoms with E-state index in [1.807, 2.05) is 13.8 Å². The molecule has 0 bridgehead atoms. The molecule has 110 valence electrons. The number of esters is 1. The number of ether oxygens (including phenoxy) is 1. The molecule has 0 fully saturated rings. The lowest BCUT2D eigenvalue weighted by Crippen LogP contribution is -2.39. The molecular formula is C14H21N3O3. The van der Waals surface area contributed by atoms with Gasteiger partial charge in [-0.1, -0.05) is 13.8 Å². The first-order valence-electron chi connectivity index (χ1n) is 6.49. The molecule has 5 N–H and O–H groups in total. The average molecular weight is 279 g/mol. The van der Waals surface area contributed by atoms with Gasteiger partial charge in [-0.3, -0.25) is 4.79 Å². The standard InChI is InChI=1S/C14H21N3O3/c1-4-20-14(19)10-7-9(5-6-11(10)15)17-12(8(2)3)13(16)18/h5-8,12,17H,4,15H2,1-3H3,(H2,16,18). The van der Waals surface area contributed by atoms with Crippen LogP contribution >= 0.6 is 0 Å². The van der Waals surface area contributed by atoms with Crippen LogP contribution in [0.1, 0.15) is 31.1 Å². The predicted molar refractivity (Wildman–Crippen MR) is 78.3 cm³/mol. The van der Waals surface area contributed by atoms with Gasteiger partial charge >= 0.3 is 5.97 Å². The normalized spacial score (nSPS) is 12.0. The smallest absolute Gasteiger partial charge is 0.340 e. The van der Waals surface area contributed by atoms with Crippen LogP contribution in [0, 0.1) is 5.92 Å². The SMILES string of the molecule is CCOC(=O)c1cc(NC(C(N)=O)C(C)C)ccc1N. The van der Waals surface area contributed by atoms with Gasteiger partial charge in [0.05, 0.1) is 12.2 Å². The molecule has 0 saturated heterocycles. The van der Waals surface area contributed by atoms with Crippen molar-refractivity contribution in [2.24, 2.45) is 11.7 Å². The molecule has 1 amide bonds. The van der Waals surface area contributed by atoms with Gasteiger partial charge in [0.15, 0.2) is 0 Å². The third-order valence-electron chi connectivity index (χ3n) is 2.84. The summed E-state index contributed by atoms with van der Waals surface area (Å²) < 4.78 is 4.93. The van der Waals surface area contributed by atoms with E-state index < -0.39 is 17.9 Å². The Kier molecular flexibility index (Phi) is 5.37. The Morgan fingerprint density at radius 3 is 2.50 bits per heavy atom. The van der Waals surface area contributed by atoms with E-state index in [1.165, 1.54) is 0 Å². The minimum Gasteiger partial charge on any atom is -0.462 e.